The first-order chi connectivity index (χ1) is 15.6. The molecule has 0 spiro atoms. The molecular weight excluding hydrogens is 431 g/mol. The van der Waals surface area contributed by atoms with Gasteiger partial charge < -0.3 is 25.6 Å². The molecule has 2 amide bonds. The lowest BCUT2D eigenvalue weighted by Gasteiger charge is -2.23. The van der Waals surface area contributed by atoms with Crippen LogP contribution in [0.1, 0.15) is 35.3 Å². The second-order valence-corrected chi connectivity index (χ2v) is 8.18. The monoisotopic (exact) mass is 452 g/mol. The lowest BCUT2D eigenvalue weighted by Crippen LogP contribution is -2.43. The van der Waals surface area contributed by atoms with Crippen LogP contribution in [0.15, 0.2) is 54.3 Å². The SMILES string of the molecule is CC1(C)OC(=C2C(=O)Nc3cc(F)ccc32)C=C1c1ccc(C(=O)N[C@H](CO)C(=O)O)cc1. The normalized spacial score (nSPS) is 19.3. The smallest absolute Gasteiger partial charge is 0.328 e. The quantitative estimate of drug-likeness (QED) is 0.517. The zero-order chi connectivity index (χ0) is 23.9. The molecule has 33 heavy (non-hydrogen) atoms. The molecule has 2 aromatic rings. The summed E-state index contributed by atoms with van der Waals surface area (Å²) >= 11 is 0. The number of aliphatic hydroxyl groups is 1. The van der Waals surface area contributed by atoms with Gasteiger partial charge in [0.05, 0.1) is 17.9 Å². The van der Waals surface area contributed by atoms with Gasteiger partial charge in [0.15, 0.2) is 6.04 Å². The Morgan fingerprint density at radius 1 is 1.18 bits per heavy atom. The maximum absolute atomic E-state index is 13.5. The Hall–Kier alpha value is -3.98. The summed E-state index contributed by atoms with van der Waals surface area (Å²) in [5.74, 6) is -2.46. The van der Waals surface area contributed by atoms with E-state index in [9.17, 15) is 18.8 Å². The Kier molecular flexibility index (Phi) is 5.51. The lowest BCUT2D eigenvalue weighted by atomic mass is 9.91. The molecule has 0 saturated heterocycles. The molecule has 9 heteroatoms. The molecular formula is C24H21FN2O6. The van der Waals surface area contributed by atoms with Crippen molar-refractivity contribution >= 4 is 34.6 Å². The van der Waals surface area contributed by atoms with Gasteiger partial charge in [0, 0.05) is 16.7 Å². The van der Waals surface area contributed by atoms with Crippen molar-refractivity contribution in [3.05, 3.63) is 76.8 Å². The van der Waals surface area contributed by atoms with E-state index in [-0.39, 0.29) is 11.5 Å². The summed E-state index contributed by atoms with van der Waals surface area (Å²) in [6.07, 6.45) is 1.74. The minimum Gasteiger partial charge on any atom is -0.482 e. The highest BCUT2D eigenvalue weighted by Gasteiger charge is 2.38. The molecule has 2 aliphatic heterocycles. The van der Waals surface area contributed by atoms with Gasteiger partial charge in [-0.25, -0.2) is 9.18 Å². The van der Waals surface area contributed by atoms with Gasteiger partial charge in [-0.3, -0.25) is 9.59 Å². The molecule has 2 heterocycles. The topological polar surface area (TPSA) is 125 Å². The first-order valence-corrected chi connectivity index (χ1v) is 10.1. The number of rotatable bonds is 5. The molecule has 0 aliphatic carbocycles. The van der Waals surface area contributed by atoms with Crippen molar-refractivity contribution in [2.24, 2.45) is 0 Å². The van der Waals surface area contributed by atoms with Crippen LogP contribution in [-0.4, -0.2) is 46.2 Å². The second-order valence-electron chi connectivity index (χ2n) is 8.18. The summed E-state index contributed by atoms with van der Waals surface area (Å²) in [7, 11) is 0. The Morgan fingerprint density at radius 3 is 2.52 bits per heavy atom. The number of anilines is 1. The Balaban J connectivity index is 1.65. The highest BCUT2D eigenvalue weighted by molar-refractivity contribution is 6.32. The van der Waals surface area contributed by atoms with Crippen LogP contribution in [0.25, 0.3) is 11.1 Å². The number of halogens is 1. The fraction of sp³-hybridized carbons (Fsp3) is 0.208. The van der Waals surface area contributed by atoms with E-state index in [2.05, 4.69) is 10.6 Å². The largest absolute Gasteiger partial charge is 0.482 e. The van der Waals surface area contributed by atoms with Crippen LogP contribution >= 0.6 is 0 Å². The molecule has 2 aliphatic rings. The number of fused-ring (bicyclic) bond motifs is 1. The first-order valence-electron chi connectivity index (χ1n) is 10.1. The molecule has 0 fully saturated rings. The molecule has 8 nitrogen and oxygen atoms in total. The van der Waals surface area contributed by atoms with Crippen LogP contribution in [0.2, 0.25) is 0 Å². The zero-order valence-electron chi connectivity index (χ0n) is 17.8. The molecule has 2 aromatic carbocycles. The minimum atomic E-state index is -1.40. The van der Waals surface area contributed by atoms with Crippen LogP contribution in [0.3, 0.4) is 0 Å². The maximum atomic E-state index is 13.5. The van der Waals surface area contributed by atoms with Crippen molar-refractivity contribution in [1.29, 1.82) is 0 Å². The zero-order valence-corrected chi connectivity index (χ0v) is 17.8. The first kappa shape index (κ1) is 22.2. The molecule has 0 unspecified atom stereocenters. The molecule has 170 valence electrons. The van der Waals surface area contributed by atoms with Gasteiger partial charge >= 0.3 is 5.97 Å². The number of carboxylic acid groups (broad SMARTS) is 1. The van der Waals surface area contributed by atoms with Gasteiger partial charge in [-0.15, -0.1) is 0 Å². The van der Waals surface area contributed by atoms with Gasteiger partial charge in [0.25, 0.3) is 11.8 Å². The average Bonchev–Trinajstić information content (AvgIpc) is 3.25. The van der Waals surface area contributed by atoms with Gasteiger partial charge in [0.1, 0.15) is 17.2 Å². The van der Waals surface area contributed by atoms with Crippen molar-refractivity contribution < 1.29 is 33.7 Å². The number of allylic oxidation sites excluding steroid dienone is 1. The van der Waals surface area contributed by atoms with Crippen LogP contribution in [-0.2, 0) is 14.3 Å². The van der Waals surface area contributed by atoms with Crippen molar-refractivity contribution in [2.75, 3.05) is 11.9 Å². The summed E-state index contributed by atoms with van der Waals surface area (Å²) in [5, 5.41) is 22.9. The number of amides is 2. The molecule has 0 saturated carbocycles. The minimum absolute atomic E-state index is 0.223. The summed E-state index contributed by atoms with van der Waals surface area (Å²) in [6, 6.07) is 9.09. The number of nitrogens with one attached hydrogen (secondary N) is 2. The van der Waals surface area contributed by atoms with E-state index >= 15 is 0 Å². The standard InChI is InChI=1S/C24H21FN2O6/c1-24(2)16(12-3-5-13(6-4-12)21(29)27-18(11-28)23(31)32)10-19(33-24)20-15-8-7-14(25)9-17(15)26-22(20)30/h3-10,18,28H,11H2,1-2H3,(H,26,30)(H,27,29)(H,31,32)/t18-/m1/s1. The molecule has 0 bridgehead atoms. The van der Waals surface area contributed by atoms with E-state index in [0.29, 0.717) is 22.6 Å². The van der Waals surface area contributed by atoms with E-state index in [1.807, 2.05) is 13.8 Å². The molecule has 1 atom stereocenters. The molecule has 4 N–H and O–H groups in total. The Labute approximate surface area is 188 Å². The summed E-state index contributed by atoms with van der Waals surface area (Å²) < 4.78 is 19.6. The van der Waals surface area contributed by atoms with Crippen molar-refractivity contribution in [1.82, 2.24) is 5.32 Å². The predicted molar refractivity (Wildman–Crippen MR) is 118 cm³/mol. The van der Waals surface area contributed by atoms with Crippen molar-refractivity contribution in [2.45, 2.75) is 25.5 Å². The maximum Gasteiger partial charge on any atom is 0.328 e. The number of aliphatic hydroxyl groups excluding tert-OH is 1. The summed E-state index contributed by atoms with van der Waals surface area (Å²) in [6.45, 7) is 2.95. The van der Waals surface area contributed by atoms with E-state index < -0.39 is 35.9 Å². The number of hydrogen-bond acceptors (Lipinski definition) is 5. The fourth-order valence-corrected chi connectivity index (χ4v) is 3.84. The Morgan fingerprint density at radius 2 is 1.88 bits per heavy atom. The van der Waals surface area contributed by atoms with Crippen molar-refractivity contribution in [3.8, 4) is 0 Å². The van der Waals surface area contributed by atoms with Gasteiger partial charge in [-0.05, 0) is 55.8 Å². The number of carbonyl (C=O) groups is 3. The summed E-state index contributed by atoms with van der Waals surface area (Å²) in [5.41, 5.74) is 2.17. The third kappa shape index (κ3) is 4.10. The highest BCUT2D eigenvalue weighted by Crippen LogP contribution is 2.44. The Bertz CT molecular complexity index is 1230. The predicted octanol–water partition coefficient (Wildman–Crippen LogP) is 2.56. The molecule has 4 rings (SSSR count). The number of carboxylic acids is 1. The number of aliphatic carboxylic acids is 1. The summed E-state index contributed by atoms with van der Waals surface area (Å²) in [4.78, 5) is 35.8. The molecule has 0 aromatic heterocycles. The van der Waals surface area contributed by atoms with E-state index in [1.165, 1.54) is 30.3 Å². The van der Waals surface area contributed by atoms with Crippen LogP contribution in [0.4, 0.5) is 10.1 Å². The lowest BCUT2D eigenvalue weighted by molar-refractivity contribution is -0.140. The average molecular weight is 452 g/mol. The third-order valence-electron chi connectivity index (χ3n) is 5.51. The fourth-order valence-electron chi connectivity index (χ4n) is 3.84. The number of hydrogen-bond donors (Lipinski definition) is 4. The second kappa shape index (κ2) is 8.18. The van der Waals surface area contributed by atoms with Crippen molar-refractivity contribution in [3.63, 3.8) is 0 Å². The highest BCUT2D eigenvalue weighted by atomic mass is 19.1. The number of carbonyl (C=O) groups excluding carboxylic acids is 2. The molecule has 0 radical (unpaired) electrons. The van der Waals surface area contributed by atoms with Crippen LogP contribution < -0.4 is 10.6 Å². The van der Waals surface area contributed by atoms with Crippen LogP contribution in [0.5, 0.6) is 0 Å². The number of benzene rings is 2. The van der Waals surface area contributed by atoms with Gasteiger partial charge in [-0.1, -0.05) is 12.1 Å². The van der Waals surface area contributed by atoms with Gasteiger partial charge in [0.2, 0.25) is 0 Å². The van der Waals surface area contributed by atoms with E-state index in [1.54, 1.807) is 18.2 Å². The van der Waals surface area contributed by atoms with E-state index in [0.717, 1.165) is 11.1 Å². The number of ether oxygens (including phenoxy) is 1. The van der Waals surface area contributed by atoms with Gasteiger partial charge in [-0.2, -0.15) is 0 Å². The van der Waals surface area contributed by atoms with Crippen LogP contribution in [0, 0.1) is 5.82 Å². The van der Waals surface area contributed by atoms with E-state index in [4.69, 9.17) is 14.9 Å². The third-order valence-corrected chi connectivity index (χ3v) is 5.51.